The number of carbonyl (C=O) groups is 1. The molecule has 0 aliphatic carbocycles. The number of nitrogens with zero attached hydrogens (tertiary/aromatic N) is 3. The van der Waals surface area contributed by atoms with Gasteiger partial charge in [0.1, 0.15) is 5.82 Å². The lowest BCUT2D eigenvalue weighted by molar-refractivity contribution is 0.0909. The van der Waals surface area contributed by atoms with E-state index < -0.39 is 5.69 Å². The van der Waals surface area contributed by atoms with Gasteiger partial charge in [-0.1, -0.05) is 12.1 Å². The van der Waals surface area contributed by atoms with Gasteiger partial charge in [-0.25, -0.2) is 9.18 Å². The summed E-state index contributed by atoms with van der Waals surface area (Å²) in [4.78, 5) is 44.9. The monoisotopic (exact) mass is 451 g/mol. The summed E-state index contributed by atoms with van der Waals surface area (Å²) < 4.78 is 14.9. The van der Waals surface area contributed by atoms with Gasteiger partial charge >= 0.3 is 5.69 Å². The smallest absolute Gasteiger partial charge is 0.328 e. The number of pyridine rings is 1. The van der Waals surface area contributed by atoms with Crippen molar-refractivity contribution in [2.75, 3.05) is 19.6 Å². The van der Waals surface area contributed by atoms with Gasteiger partial charge < -0.3 is 10.2 Å². The van der Waals surface area contributed by atoms with Gasteiger partial charge in [-0.3, -0.25) is 24.1 Å². The summed E-state index contributed by atoms with van der Waals surface area (Å²) in [5.74, 6) is -0.509. The van der Waals surface area contributed by atoms with Crippen molar-refractivity contribution in [1.29, 1.82) is 0 Å². The fourth-order valence-electron chi connectivity index (χ4n) is 3.95. The molecule has 9 heteroatoms. The SMILES string of the molecule is Cc1cn(CCN2CCC(NC(=O)c3ccc(-c4cccc(F)c4)nc3)CC2)c(=O)[nH]c1=O. The minimum Gasteiger partial charge on any atom is -0.349 e. The predicted octanol–water partition coefficient (Wildman–Crippen LogP) is 1.94. The number of aryl methyl sites for hydroxylation is 1. The Morgan fingerprint density at radius 1 is 1.18 bits per heavy atom. The van der Waals surface area contributed by atoms with Crippen molar-refractivity contribution in [3.63, 3.8) is 0 Å². The van der Waals surface area contributed by atoms with E-state index in [0.29, 0.717) is 35.5 Å². The van der Waals surface area contributed by atoms with E-state index in [4.69, 9.17) is 0 Å². The van der Waals surface area contributed by atoms with Gasteiger partial charge in [0.25, 0.3) is 11.5 Å². The number of rotatable bonds is 6. The molecule has 2 N–H and O–H groups in total. The molecule has 1 aromatic carbocycles. The van der Waals surface area contributed by atoms with Crippen molar-refractivity contribution in [2.24, 2.45) is 0 Å². The first-order valence-corrected chi connectivity index (χ1v) is 10.9. The molecule has 33 heavy (non-hydrogen) atoms. The maximum absolute atomic E-state index is 13.4. The molecule has 0 spiro atoms. The Labute approximate surface area is 190 Å². The number of halogens is 1. The van der Waals surface area contributed by atoms with Crippen LogP contribution >= 0.6 is 0 Å². The highest BCUT2D eigenvalue weighted by molar-refractivity contribution is 5.94. The first-order valence-electron chi connectivity index (χ1n) is 10.9. The quantitative estimate of drug-likeness (QED) is 0.597. The minimum absolute atomic E-state index is 0.0645. The van der Waals surface area contributed by atoms with E-state index in [-0.39, 0.29) is 23.3 Å². The average Bonchev–Trinajstić information content (AvgIpc) is 2.81. The largest absolute Gasteiger partial charge is 0.349 e. The molecular weight excluding hydrogens is 425 g/mol. The lowest BCUT2D eigenvalue weighted by Gasteiger charge is -2.32. The number of likely N-dealkylation sites (tertiary alicyclic amines) is 1. The molecule has 3 aromatic rings. The van der Waals surface area contributed by atoms with Crippen LogP contribution in [0, 0.1) is 12.7 Å². The highest BCUT2D eigenvalue weighted by Crippen LogP contribution is 2.18. The number of aromatic nitrogens is 3. The molecule has 4 rings (SSSR count). The Bertz CT molecular complexity index is 1240. The van der Waals surface area contributed by atoms with Crippen molar-refractivity contribution in [3.05, 3.63) is 86.6 Å². The summed E-state index contributed by atoms with van der Waals surface area (Å²) in [7, 11) is 0. The van der Waals surface area contributed by atoms with E-state index in [9.17, 15) is 18.8 Å². The zero-order chi connectivity index (χ0) is 23.4. The lowest BCUT2D eigenvalue weighted by Crippen LogP contribution is -2.45. The second-order valence-corrected chi connectivity index (χ2v) is 8.30. The van der Waals surface area contributed by atoms with Gasteiger partial charge in [-0.15, -0.1) is 0 Å². The van der Waals surface area contributed by atoms with Crippen LogP contribution in [-0.2, 0) is 6.54 Å². The first-order chi connectivity index (χ1) is 15.9. The third kappa shape index (κ3) is 5.61. The first kappa shape index (κ1) is 22.6. The van der Waals surface area contributed by atoms with Crippen LogP contribution in [0.4, 0.5) is 4.39 Å². The van der Waals surface area contributed by atoms with Gasteiger partial charge in [0.15, 0.2) is 0 Å². The van der Waals surface area contributed by atoms with Crippen LogP contribution in [0.2, 0.25) is 0 Å². The second-order valence-electron chi connectivity index (χ2n) is 8.30. The Morgan fingerprint density at radius 2 is 1.97 bits per heavy atom. The molecule has 0 saturated carbocycles. The lowest BCUT2D eigenvalue weighted by atomic mass is 10.0. The normalized spacial score (nSPS) is 14.8. The number of piperidine rings is 1. The Hall–Kier alpha value is -3.59. The van der Waals surface area contributed by atoms with Gasteiger partial charge in [0, 0.05) is 55.7 Å². The highest BCUT2D eigenvalue weighted by atomic mass is 19.1. The zero-order valence-electron chi connectivity index (χ0n) is 18.4. The number of hydrogen-bond donors (Lipinski definition) is 2. The Balaban J connectivity index is 1.26. The number of H-pyrrole nitrogens is 1. The third-order valence-electron chi connectivity index (χ3n) is 5.91. The van der Waals surface area contributed by atoms with Crippen LogP contribution in [0.1, 0.15) is 28.8 Å². The zero-order valence-corrected chi connectivity index (χ0v) is 18.4. The van der Waals surface area contributed by atoms with Crippen molar-refractivity contribution in [2.45, 2.75) is 32.4 Å². The highest BCUT2D eigenvalue weighted by Gasteiger charge is 2.21. The number of benzene rings is 1. The summed E-state index contributed by atoms with van der Waals surface area (Å²) in [5.41, 5.74) is 1.49. The summed E-state index contributed by atoms with van der Waals surface area (Å²) >= 11 is 0. The van der Waals surface area contributed by atoms with Crippen LogP contribution in [0.25, 0.3) is 11.3 Å². The van der Waals surface area contributed by atoms with Gasteiger partial charge in [-0.05, 0) is 44.0 Å². The summed E-state index contributed by atoms with van der Waals surface area (Å²) in [6.07, 6.45) is 4.70. The molecule has 3 heterocycles. The summed E-state index contributed by atoms with van der Waals surface area (Å²) in [6.45, 7) is 4.47. The molecular formula is C24H26FN5O3. The van der Waals surface area contributed by atoms with Crippen molar-refractivity contribution in [1.82, 2.24) is 24.8 Å². The molecule has 0 atom stereocenters. The molecule has 8 nitrogen and oxygen atoms in total. The van der Waals surface area contributed by atoms with Crippen LogP contribution in [0.3, 0.4) is 0 Å². The number of carbonyl (C=O) groups excluding carboxylic acids is 1. The molecule has 1 aliphatic rings. The average molecular weight is 452 g/mol. The maximum Gasteiger partial charge on any atom is 0.328 e. The summed E-state index contributed by atoms with van der Waals surface area (Å²) in [6, 6.07) is 9.65. The van der Waals surface area contributed by atoms with Crippen LogP contribution in [0.15, 0.2) is 58.4 Å². The molecule has 172 valence electrons. The van der Waals surface area contributed by atoms with E-state index in [0.717, 1.165) is 25.9 Å². The molecule has 2 aromatic heterocycles. The molecule has 0 bridgehead atoms. The number of nitrogens with one attached hydrogen (secondary N) is 2. The summed E-state index contributed by atoms with van der Waals surface area (Å²) in [5, 5.41) is 3.06. The van der Waals surface area contributed by atoms with E-state index >= 15 is 0 Å². The molecule has 0 radical (unpaired) electrons. The molecule has 1 fully saturated rings. The fourth-order valence-corrected chi connectivity index (χ4v) is 3.95. The van der Waals surface area contributed by atoms with E-state index in [1.165, 1.54) is 22.9 Å². The van der Waals surface area contributed by atoms with Gasteiger partial charge in [0.05, 0.1) is 11.3 Å². The van der Waals surface area contributed by atoms with Crippen LogP contribution in [0.5, 0.6) is 0 Å². The topological polar surface area (TPSA) is 100 Å². The number of amides is 1. The number of aromatic amines is 1. The minimum atomic E-state index is -0.398. The molecule has 1 amide bonds. The van der Waals surface area contributed by atoms with E-state index in [2.05, 4.69) is 20.2 Å². The van der Waals surface area contributed by atoms with Gasteiger partial charge in [0.2, 0.25) is 0 Å². The van der Waals surface area contributed by atoms with Gasteiger partial charge in [-0.2, -0.15) is 0 Å². The van der Waals surface area contributed by atoms with Crippen molar-refractivity contribution < 1.29 is 9.18 Å². The number of hydrogen-bond acceptors (Lipinski definition) is 5. The third-order valence-corrected chi connectivity index (χ3v) is 5.91. The van der Waals surface area contributed by atoms with Crippen molar-refractivity contribution >= 4 is 5.91 Å². The second kappa shape index (κ2) is 9.91. The Morgan fingerprint density at radius 3 is 2.67 bits per heavy atom. The molecule has 0 unspecified atom stereocenters. The predicted molar refractivity (Wildman–Crippen MR) is 123 cm³/mol. The maximum atomic E-state index is 13.4. The molecule has 1 aliphatic heterocycles. The van der Waals surface area contributed by atoms with Crippen LogP contribution in [-0.4, -0.2) is 51.0 Å². The standard InChI is InChI=1S/C24H26FN5O3/c1-16-15-30(24(33)28-22(16)31)12-11-29-9-7-20(8-10-29)27-23(32)18-5-6-21(26-14-18)17-3-2-4-19(25)13-17/h2-6,13-15,20H,7-12H2,1H3,(H,27,32)(H,28,31,33). The van der Waals surface area contributed by atoms with Crippen molar-refractivity contribution in [3.8, 4) is 11.3 Å². The van der Waals surface area contributed by atoms with E-state index in [1.54, 1.807) is 37.4 Å². The Kier molecular flexibility index (Phi) is 6.79. The fraction of sp³-hybridized carbons (Fsp3) is 0.333. The van der Waals surface area contributed by atoms with E-state index in [1.807, 2.05) is 0 Å². The molecule has 1 saturated heterocycles. The van der Waals surface area contributed by atoms with Crippen LogP contribution < -0.4 is 16.6 Å².